The first-order valence-electron chi connectivity index (χ1n) is 7.14. The molecule has 4 nitrogen and oxygen atoms in total. The van der Waals surface area contributed by atoms with Crippen LogP contribution in [0.5, 0.6) is 0 Å². The van der Waals surface area contributed by atoms with E-state index in [1.54, 1.807) is 0 Å². The molecule has 1 saturated carbocycles. The summed E-state index contributed by atoms with van der Waals surface area (Å²) in [5.41, 5.74) is -0.322. The third-order valence-corrected chi connectivity index (χ3v) is 4.56. The maximum Gasteiger partial charge on any atom is 0.122 e. The van der Waals surface area contributed by atoms with Crippen LogP contribution in [0.4, 0.5) is 0 Å². The van der Waals surface area contributed by atoms with Gasteiger partial charge in [0.2, 0.25) is 0 Å². The van der Waals surface area contributed by atoms with E-state index in [2.05, 4.69) is 35.2 Å². The summed E-state index contributed by atoms with van der Waals surface area (Å²) in [6.45, 7) is 6.55. The topological polar surface area (TPSA) is 42.3 Å². The molecule has 4 heteroatoms. The Morgan fingerprint density at radius 3 is 2.67 bits per heavy atom. The van der Waals surface area contributed by atoms with Crippen LogP contribution in [0.25, 0.3) is 0 Å². The first-order valence-corrected chi connectivity index (χ1v) is 7.14. The number of nitrogens with zero attached hydrogens (tertiary/aromatic N) is 3. The minimum Gasteiger partial charge on any atom is -0.305 e. The van der Waals surface area contributed by atoms with Crippen LogP contribution in [0.1, 0.15) is 26.2 Å². The Balaban J connectivity index is 2.04. The first-order chi connectivity index (χ1) is 8.61. The van der Waals surface area contributed by atoms with Crippen LogP contribution in [0.15, 0.2) is 0 Å². The molecule has 0 spiro atoms. The fraction of sp³-hybridized carbons (Fsp3) is 0.929. The van der Waals surface area contributed by atoms with Crippen LogP contribution in [0.2, 0.25) is 0 Å². The average molecular weight is 250 g/mol. The van der Waals surface area contributed by atoms with Crippen molar-refractivity contribution >= 4 is 0 Å². The number of hydrogen-bond acceptors (Lipinski definition) is 4. The molecule has 0 aromatic rings. The highest BCUT2D eigenvalue weighted by atomic mass is 15.2. The van der Waals surface area contributed by atoms with Crippen molar-refractivity contribution in [3.8, 4) is 6.07 Å². The van der Waals surface area contributed by atoms with E-state index in [4.69, 9.17) is 0 Å². The van der Waals surface area contributed by atoms with E-state index in [1.165, 1.54) is 25.8 Å². The van der Waals surface area contributed by atoms with E-state index >= 15 is 0 Å². The van der Waals surface area contributed by atoms with Gasteiger partial charge < -0.3 is 10.2 Å². The van der Waals surface area contributed by atoms with Gasteiger partial charge in [-0.1, -0.05) is 0 Å². The largest absolute Gasteiger partial charge is 0.305 e. The predicted octanol–water partition coefficient (Wildman–Crippen LogP) is 0.904. The third kappa shape index (κ3) is 2.85. The SMILES string of the molecule is CNC(C#N)(CN1CCCN(C)CC1C)C1CC1. The third-order valence-electron chi connectivity index (χ3n) is 4.56. The van der Waals surface area contributed by atoms with Crippen LogP contribution in [-0.2, 0) is 0 Å². The van der Waals surface area contributed by atoms with E-state index in [0.717, 1.165) is 19.6 Å². The highest BCUT2D eigenvalue weighted by molar-refractivity contribution is 5.16. The normalized spacial score (nSPS) is 30.4. The van der Waals surface area contributed by atoms with Crippen molar-refractivity contribution in [3.05, 3.63) is 0 Å². The van der Waals surface area contributed by atoms with E-state index in [9.17, 15) is 5.26 Å². The molecule has 18 heavy (non-hydrogen) atoms. The van der Waals surface area contributed by atoms with Gasteiger partial charge in [0.1, 0.15) is 5.54 Å². The summed E-state index contributed by atoms with van der Waals surface area (Å²) < 4.78 is 0. The summed E-state index contributed by atoms with van der Waals surface area (Å²) in [6, 6.07) is 3.10. The number of nitrogens with one attached hydrogen (secondary N) is 1. The van der Waals surface area contributed by atoms with Gasteiger partial charge in [-0.3, -0.25) is 4.90 Å². The summed E-state index contributed by atoms with van der Waals surface area (Å²) in [4.78, 5) is 4.90. The van der Waals surface area contributed by atoms with Crippen molar-refractivity contribution in [2.45, 2.75) is 37.8 Å². The van der Waals surface area contributed by atoms with Crippen molar-refractivity contribution < 1.29 is 0 Å². The lowest BCUT2D eigenvalue weighted by Gasteiger charge is -2.36. The summed E-state index contributed by atoms with van der Waals surface area (Å²) in [7, 11) is 4.13. The minimum atomic E-state index is -0.322. The summed E-state index contributed by atoms with van der Waals surface area (Å²) in [5, 5.41) is 12.9. The second-order valence-corrected chi connectivity index (χ2v) is 6.04. The number of rotatable bonds is 4. The fourth-order valence-corrected chi connectivity index (χ4v) is 3.15. The van der Waals surface area contributed by atoms with Crippen molar-refractivity contribution in [2.24, 2.45) is 5.92 Å². The predicted molar refractivity (Wildman–Crippen MR) is 73.3 cm³/mol. The van der Waals surface area contributed by atoms with Crippen LogP contribution >= 0.6 is 0 Å². The molecule has 0 aromatic heterocycles. The monoisotopic (exact) mass is 250 g/mol. The highest BCUT2D eigenvalue weighted by Crippen LogP contribution is 2.40. The highest BCUT2D eigenvalue weighted by Gasteiger charge is 2.46. The lowest BCUT2D eigenvalue weighted by molar-refractivity contribution is 0.156. The van der Waals surface area contributed by atoms with Gasteiger partial charge in [-0.2, -0.15) is 5.26 Å². The molecule has 2 atom stereocenters. The van der Waals surface area contributed by atoms with Gasteiger partial charge >= 0.3 is 0 Å². The molecule has 102 valence electrons. The maximum absolute atomic E-state index is 9.58. The molecule has 2 fully saturated rings. The Kier molecular flexibility index (Phi) is 4.26. The zero-order chi connectivity index (χ0) is 13.2. The van der Waals surface area contributed by atoms with E-state index in [-0.39, 0.29) is 5.54 Å². The van der Waals surface area contributed by atoms with Crippen molar-refractivity contribution in [1.29, 1.82) is 5.26 Å². The summed E-state index contributed by atoms with van der Waals surface area (Å²) in [5.74, 6) is 0.556. The molecular formula is C14H26N4. The van der Waals surface area contributed by atoms with Gasteiger partial charge in [0.25, 0.3) is 0 Å². The molecule has 2 rings (SSSR count). The smallest absolute Gasteiger partial charge is 0.122 e. The molecular weight excluding hydrogens is 224 g/mol. The van der Waals surface area contributed by atoms with Crippen LogP contribution in [0, 0.1) is 17.2 Å². The Bertz CT molecular complexity index is 320. The van der Waals surface area contributed by atoms with Crippen LogP contribution in [0.3, 0.4) is 0 Å². The van der Waals surface area contributed by atoms with Gasteiger partial charge in [-0.25, -0.2) is 0 Å². The molecule has 2 aliphatic rings. The van der Waals surface area contributed by atoms with Crippen LogP contribution in [-0.4, -0.2) is 61.7 Å². The quantitative estimate of drug-likeness (QED) is 0.805. The lowest BCUT2D eigenvalue weighted by atomic mass is 9.93. The number of hydrogen-bond donors (Lipinski definition) is 1. The molecule has 0 bridgehead atoms. The molecule has 1 N–H and O–H groups in total. The second kappa shape index (κ2) is 5.56. The Labute approximate surface area is 111 Å². The molecule has 0 amide bonds. The first kappa shape index (κ1) is 13.8. The van der Waals surface area contributed by atoms with Crippen LogP contribution < -0.4 is 5.32 Å². The lowest BCUT2D eigenvalue weighted by Crippen LogP contribution is -2.55. The Morgan fingerprint density at radius 2 is 2.11 bits per heavy atom. The second-order valence-electron chi connectivity index (χ2n) is 6.04. The molecule has 1 heterocycles. The minimum absolute atomic E-state index is 0.322. The standard InChI is InChI=1S/C14H26N4/c1-12-9-17(3)7-4-8-18(12)11-14(10-15,16-2)13-5-6-13/h12-13,16H,4-9,11H2,1-3H3. The van der Waals surface area contributed by atoms with Gasteiger partial charge in [0, 0.05) is 19.1 Å². The zero-order valence-electron chi connectivity index (χ0n) is 11.9. The number of nitriles is 1. The van der Waals surface area contributed by atoms with E-state index < -0.39 is 0 Å². The van der Waals surface area contributed by atoms with E-state index in [1.807, 2.05) is 7.05 Å². The molecule has 2 unspecified atom stereocenters. The molecule has 1 aliphatic carbocycles. The fourth-order valence-electron chi connectivity index (χ4n) is 3.15. The van der Waals surface area contributed by atoms with Gasteiger partial charge in [0.15, 0.2) is 0 Å². The Morgan fingerprint density at radius 1 is 1.39 bits per heavy atom. The Hall–Kier alpha value is -0.630. The molecule has 0 aromatic carbocycles. The molecule has 1 aliphatic heterocycles. The average Bonchev–Trinajstić information content (AvgIpc) is 3.17. The summed E-state index contributed by atoms with van der Waals surface area (Å²) >= 11 is 0. The van der Waals surface area contributed by atoms with Gasteiger partial charge in [-0.05, 0) is 59.3 Å². The van der Waals surface area contributed by atoms with Crippen molar-refractivity contribution in [3.63, 3.8) is 0 Å². The maximum atomic E-state index is 9.58. The van der Waals surface area contributed by atoms with Crippen molar-refractivity contribution in [1.82, 2.24) is 15.1 Å². The molecule has 1 saturated heterocycles. The van der Waals surface area contributed by atoms with E-state index in [0.29, 0.717) is 12.0 Å². The number of likely N-dealkylation sites (N-methyl/N-ethyl adjacent to an activating group) is 2. The zero-order valence-corrected chi connectivity index (χ0v) is 11.9. The summed E-state index contributed by atoms with van der Waals surface area (Å²) in [6.07, 6.45) is 3.61. The molecule has 0 radical (unpaired) electrons. The van der Waals surface area contributed by atoms with Gasteiger partial charge in [0.05, 0.1) is 6.07 Å². The van der Waals surface area contributed by atoms with Gasteiger partial charge in [-0.15, -0.1) is 0 Å². The van der Waals surface area contributed by atoms with Crippen molar-refractivity contribution in [2.75, 3.05) is 40.3 Å².